The lowest BCUT2D eigenvalue weighted by atomic mass is 10.1. The van der Waals surface area contributed by atoms with E-state index in [4.69, 9.17) is 4.74 Å². The van der Waals surface area contributed by atoms with Gasteiger partial charge in [0, 0.05) is 45.3 Å². The third kappa shape index (κ3) is 4.90. The van der Waals surface area contributed by atoms with Crippen molar-refractivity contribution in [2.45, 2.75) is 25.8 Å². The largest absolute Gasteiger partial charge is 0.450 e. The molecule has 1 aromatic rings. The van der Waals surface area contributed by atoms with E-state index >= 15 is 0 Å². The molecule has 0 bridgehead atoms. The van der Waals surface area contributed by atoms with Gasteiger partial charge in [-0.2, -0.15) is 0 Å². The summed E-state index contributed by atoms with van der Waals surface area (Å²) in [5, 5.41) is 3.42. The van der Waals surface area contributed by atoms with Crippen molar-refractivity contribution in [1.82, 2.24) is 19.7 Å². The van der Waals surface area contributed by atoms with E-state index < -0.39 is 0 Å². The zero-order valence-electron chi connectivity index (χ0n) is 16.2. The number of nitrogens with one attached hydrogen (secondary N) is 1. The second kappa shape index (κ2) is 9.38. The number of hydrogen-bond donors (Lipinski definition) is 1. The van der Waals surface area contributed by atoms with Gasteiger partial charge in [0.05, 0.1) is 18.5 Å². The van der Waals surface area contributed by atoms with Crippen LogP contribution in [0.2, 0.25) is 0 Å². The summed E-state index contributed by atoms with van der Waals surface area (Å²) in [7, 11) is 0. The van der Waals surface area contributed by atoms with E-state index in [0.29, 0.717) is 51.6 Å². The molecule has 28 heavy (non-hydrogen) atoms. The van der Waals surface area contributed by atoms with Gasteiger partial charge in [-0.15, -0.1) is 0 Å². The first kappa shape index (κ1) is 19.9. The highest BCUT2D eigenvalue weighted by Gasteiger charge is 2.24. The maximum atomic E-state index is 12.5. The van der Waals surface area contributed by atoms with Crippen LogP contribution in [0, 0.1) is 0 Å². The Balaban J connectivity index is 1.48. The maximum absolute atomic E-state index is 12.5. The number of likely N-dealkylation sites (tertiary alicyclic amines) is 1. The van der Waals surface area contributed by atoms with Gasteiger partial charge in [0.2, 0.25) is 6.41 Å². The number of nitrogens with zero attached hydrogens (tertiary/aromatic N) is 4. The van der Waals surface area contributed by atoms with Crippen LogP contribution in [-0.4, -0.2) is 90.0 Å². The molecular weight excluding hydrogens is 362 g/mol. The number of carbonyl (C=O) groups excluding carboxylic acids is 3. The lowest BCUT2D eigenvalue weighted by Gasteiger charge is -2.32. The summed E-state index contributed by atoms with van der Waals surface area (Å²) in [6.45, 7) is 5.68. The zero-order chi connectivity index (χ0) is 19.9. The first-order valence-electron chi connectivity index (χ1n) is 9.73. The second-order valence-electron chi connectivity index (χ2n) is 6.97. The molecule has 2 aliphatic heterocycles. The highest BCUT2D eigenvalue weighted by atomic mass is 16.6. The number of hydrogen-bond acceptors (Lipinski definition) is 6. The molecule has 1 aromatic heterocycles. The highest BCUT2D eigenvalue weighted by Crippen LogP contribution is 2.17. The van der Waals surface area contributed by atoms with Crippen LogP contribution in [0.4, 0.5) is 10.5 Å². The number of rotatable bonds is 5. The summed E-state index contributed by atoms with van der Waals surface area (Å²) in [5.74, 6) is -0.111. The average molecular weight is 389 g/mol. The Kier molecular flexibility index (Phi) is 6.67. The topological polar surface area (TPSA) is 95.1 Å². The van der Waals surface area contributed by atoms with Crippen LogP contribution in [0.3, 0.4) is 0 Å². The number of piperidine rings is 1. The van der Waals surface area contributed by atoms with E-state index in [1.54, 1.807) is 33.9 Å². The van der Waals surface area contributed by atoms with E-state index in [0.717, 1.165) is 24.9 Å². The Bertz CT molecular complexity index is 680. The minimum atomic E-state index is -0.251. The smallest absolute Gasteiger partial charge is 0.409 e. The molecule has 9 nitrogen and oxygen atoms in total. The number of carbonyl (C=O) groups is 3. The fourth-order valence-electron chi connectivity index (χ4n) is 3.46. The summed E-state index contributed by atoms with van der Waals surface area (Å²) in [4.78, 5) is 44.5. The Hall–Kier alpha value is -2.84. The van der Waals surface area contributed by atoms with Gasteiger partial charge in [-0.3, -0.25) is 9.59 Å². The molecule has 2 fully saturated rings. The van der Waals surface area contributed by atoms with Crippen molar-refractivity contribution >= 4 is 24.1 Å². The number of anilines is 1. The van der Waals surface area contributed by atoms with Crippen molar-refractivity contribution in [1.29, 1.82) is 0 Å². The fourth-order valence-corrected chi connectivity index (χ4v) is 3.46. The number of ether oxygens (including phenoxy) is 1. The predicted octanol–water partition coefficient (Wildman–Crippen LogP) is 1.03. The van der Waals surface area contributed by atoms with E-state index in [1.165, 1.54) is 0 Å². The van der Waals surface area contributed by atoms with E-state index in [2.05, 4.69) is 10.3 Å². The highest BCUT2D eigenvalue weighted by molar-refractivity contribution is 5.92. The molecule has 1 N–H and O–H groups in total. The molecule has 9 heteroatoms. The van der Waals surface area contributed by atoms with Crippen LogP contribution in [0.25, 0.3) is 0 Å². The van der Waals surface area contributed by atoms with Gasteiger partial charge in [0.1, 0.15) is 5.69 Å². The van der Waals surface area contributed by atoms with Gasteiger partial charge in [0.15, 0.2) is 0 Å². The molecule has 3 amide bonds. The van der Waals surface area contributed by atoms with Gasteiger partial charge in [0.25, 0.3) is 5.91 Å². The summed E-state index contributed by atoms with van der Waals surface area (Å²) >= 11 is 0. The lowest BCUT2D eigenvalue weighted by molar-refractivity contribution is -0.119. The summed E-state index contributed by atoms with van der Waals surface area (Å²) in [5.41, 5.74) is 1.26. The quantitative estimate of drug-likeness (QED) is 0.756. The number of pyridine rings is 1. The van der Waals surface area contributed by atoms with Crippen molar-refractivity contribution < 1.29 is 19.1 Å². The first-order chi connectivity index (χ1) is 13.6. The minimum absolute atomic E-state index is 0.111. The molecule has 3 heterocycles. The van der Waals surface area contributed by atoms with E-state index in [1.807, 2.05) is 6.07 Å². The average Bonchev–Trinajstić information content (AvgIpc) is 2.74. The Labute approximate surface area is 164 Å². The second-order valence-corrected chi connectivity index (χ2v) is 6.97. The number of amides is 3. The minimum Gasteiger partial charge on any atom is -0.450 e. The Morgan fingerprint density at radius 1 is 1.14 bits per heavy atom. The number of piperazine rings is 1. The van der Waals surface area contributed by atoms with Crippen LogP contribution in [0.1, 0.15) is 30.3 Å². The molecule has 0 atom stereocenters. The van der Waals surface area contributed by atoms with Crippen molar-refractivity contribution in [3.63, 3.8) is 0 Å². The summed E-state index contributed by atoms with van der Waals surface area (Å²) in [6, 6.07) is 3.84. The van der Waals surface area contributed by atoms with Gasteiger partial charge in [-0.1, -0.05) is 0 Å². The van der Waals surface area contributed by atoms with Gasteiger partial charge < -0.3 is 24.8 Å². The SMILES string of the molecule is CCOC(=O)N1CCC(Nc2ccc(C(=O)N3CCN(C=O)CC3)nc2)CC1. The normalized spacial score (nSPS) is 18.0. The Morgan fingerprint density at radius 3 is 2.43 bits per heavy atom. The Morgan fingerprint density at radius 2 is 1.86 bits per heavy atom. The fraction of sp³-hybridized carbons (Fsp3) is 0.579. The maximum Gasteiger partial charge on any atom is 0.409 e. The molecular formula is C19H27N5O4. The third-order valence-corrected chi connectivity index (χ3v) is 5.12. The molecule has 0 aliphatic carbocycles. The molecule has 0 unspecified atom stereocenters. The molecule has 152 valence electrons. The standard InChI is InChI=1S/C19H27N5O4/c1-2-28-19(27)24-7-5-15(6-8-24)21-16-3-4-17(20-13-16)18(26)23-11-9-22(14-25)10-12-23/h3-4,13-15,21H,2,5-12H2,1H3. The molecule has 0 spiro atoms. The summed E-state index contributed by atoms with van der Waals surface area (Å²) in [6.07, 6.45) is 3.91. The van der Waals surface area contributed by atoms with E-state index in [9.17, 15) is 14.4 Å². The van der Waals surface area contributed by atoms with Crippen LogP contribution >= 0.6 is 0 Å². The first-order valence-corrected chi connectivity index (χ1v) is 9.73. The molecule has 0 aromatic carbocycles. The third-order valence-electron chi connectivity index (χ3n) is 5.12. The van der Waals surface area contributed by atoms with Gasteiger partial charge in [-0.05, 0) is 31.9 Å². The van der Waals surface area contributed by atoms with Crippen molar-refractivity contribution in [3.8, 4) is 0 Å². The van der Waals surface area contributed by atoms with Crippen molar-refractivity contribution in [3.05, 3.63) is 24.0 Å². The molecule has 0 saturated carbocycles. The molecule has 0 radical (unpaired) electrons. The number of aromatic nitrogens is 1. The van der Waals surface area contributed by atoms with Gasteiger partial charge >= 0.3 is 6.09 Å². The predicted molar refractivity (Wildman–Crippen MR) is 103 cm³/mol. The van der Waals surface area contributed by atoms with Crippen molar-refractivity contribution in [2.75, 3.05) is 51.2 Å². The molecule has 2 saturated heterocycles. The van der Waals surface area contributed by atoms with Crippen LogP contribution in [-0.2, 0) is 9.53 Å². The molecule has 2 aliphatic rings. The molecule has 3 rings (SSSR count). The van der Waals surface area contributed by atoms with Gasteiger partial charge in [-0.25, -0.2) is 9.78 Å². The summed E-state index contributed by atoms with van der Waals surface area (Å²) < 4.78 is 5.03. The van der Waals surface area contributed by atoms with Crippen molar-refractivity contribution in [2.24, 2.45) is 0 Å². The zero-order valence-corrected chi connectivity index (χ0v) is 16.2. The lowest BCUT2D eigenvalue weighted by Crippen LogP contribution is -2.48. The van der Waals surface area contributed by atoms with Crippen LogP contribution < -0.4 is 5.32 Å². The van der Waals surface area contributed by atoms with Crippen LogP contribution in [0.5, 0.6) is 0 Å². The van der Waals surface area contributed by atoms with Crippen LogP contribution in [0.15, 0.2) is 18.3 Å². The monoisotopic (exact) mass is 389 g/mol. The van der Waals surface area contributed by atoms with E-state index in [-0.39, 0.29) is 18.0 Å².